The van der Waals surface area contributed by atoms with E-state index in [1.807, 2.05) is 18.7 Å². The first-order valence-electron chi connectivity index (χ1n) is 16.1. The molecule has 0 spiro atoms. The van der Waals surface area contributed by atoms with E-state index in [9.17, 15) is 14.4 Å². The van der Waals surface area contributed by atoms with Crippen molar-refractivity contribution in [2.75, 3.05) is 31.1 Å². The number of amides is 1. The van der Waals surface area contributed by atoms with Crippen LogP contribution in [-0.4, -0.2) is 64.5 Å². The largest absolute Gasteiger partial charge is 0.353 e. The lowest BCUT2D eigenvalue weighted by molar-refractivity contribution is -0.130. The molecule has 0 radical (unpaired) electrons. The maximum absolute atomic E-state index is 13.8. The van der Waals surface area contributed by atoms with E-state index in [0.717, 1.165) is 52.7 Å². The number of aromatic nitrogens is 1. The van der Waals surface area contributed by atoms with Crippen LogP contribution in [0.1, 0.15) is 88.6 Å². The van der Waals surface area contributed by atoms with Crippen LogP contribution in [0.25, 0.3) is 10.2 Å². The normalized spacial score (nSPS) is 18.0. The summed E-state index contributed by atoms with van der Waals surface area (Å²) in [5.74, 6) is 2.44. The summed E-state index contributed by atoms with van der Waals surface area (Å²) in [6.45, 7) is 10.8. The molecule has 42 heavy (non-hydrogen) atoms. The molecule has 2 heterocycles. The molecular formula is C34H49N3O3S2. The summed E-state index contributed by atoms with van der Waals surface area (Å²) in [6.07, 6.45) is 10.1. The first kappa shape index (κ1) is 32.9. The first-order chi connectivity index (χ1) is 20.3. The summed E-state index contributed by atoms with van der Waals surface area (Å²) in [5, 5.41) is 4.23. The number of rotatable bonds is 16. The fourth-order valence-corrected chi connectivity index (χ4v) is 8.29. The Balaban J connectivity index is 1.42. The van der Waals surface area contributed by atoms with Gasteiger partial charge >= 0.3 is 0 Å². The van der Waals surface area contributed by atoms with Crippen LogP contribution in [0.4, 0.5) is 0 Å². The number of nitrogens with one attached hydrogen (secondary N) is 1. The van der Waals surface area contributed by atoms with Gasteiger partial charge in [-0.1, -0.05) is 58.6 Å². The van der Waals surface area contributed by atoms with Crippen molar-refractivity contribution in [3.8, 4) is 0 Å². The van der Waals surface area contributed by atoms with Crippen molar-refractivity contribution in [1.29, 1.82) is 0 Å². The Kier molecular flexibility index (Phi) is 13.1. The zero-order chi connectivity index (χ0) is 29.9. The number of carbonyl (C=O) groups is 3. The van der Waals surface area contributed by atoms with Crippen molar-refractivity contribution >= 4 is 50.8 Å². The number of hydrogen-bond donors (Lipinski definition) is 1. The third-order valence-corrected chi connectivity index (χ3v) is 10.9. The lowest BCUT2D eigenvalue weighted by atomic mass is 9.83. The second-order valence-corrected chi connectivity index (χ2v) is 14.5. The molecule has 230 valence electrons. The monoisotopic (exact) mass is 611 g/mol. The number of thioether (sulfide) groups is 1. The highest BCUT2D eigenvalue weighted by Crippen LogP contribution is 2.30. The van der Waals surface area contributed by atoms with Gasteiger partial charge in [0.25, 0.3) is 0 Å². The molecule has 1 aliphatic heterocycles. The van der Waals surface area contributed by atoms with Crippen LogP contribution < -0.4 is 5.32 Å². The molecule has 1 aromatic heterocycles. The van der Waals surface area contributed by atoms with Gasteiger partial charge in [0.1, 0.15) is 5.78 Å². The average molecular weight is 612 g/mol. The van der Waals surface area contributed by atoms with Gasteiger partial charge in [0.2, 0.25) is 5.91 Å². The number of aryl methyl sites for hydroxylation is 1. The highest BCUT2D eigenvalue weighted by molar-refractivity contribution is 7.99. The van der Waals surface area contributed by atoms with Crippen molar-refractivity contribution in [2.24, 2.45) is 11.8 Å². The molecule has 1 aliphatic carbocycles. The van der Waals surface area contributed by atoms with E-state index in [4.69, 9.17) is 4.98 Å². The summed E-state index contributed by atoms with van der Waals surface area (Å²) >= 11 is 3.58. The summed E-state index contributed by atoms with van der Waals surface area (Å²) in [5.41, 5.74) is 2.90. The Morgan fingerprint density at radius 2 is 1.88 bits per heavy atom. The van der Waals surface area contributed by atoms with E-state index < -0.39 is 5.92 Å². The number of fused-ring (bicyclic) bond motifs is 1. The number of thiazole rings is 1. The van der Waals surface area contributed by atoms with Crippen LogP contribution in [0.15, 0.2) is 30.4 Å². The lowest BCUT2D eigenvalue weighted by Gasteiger charge is -2.29. The molecule has 8 heteroatoms. The van der Waals surface area contributed by atoms with Crippen molar-refractivity contribution in [3.05, 3.63) is 40.9 Å². The van der Waals surface area contributed by atoms with Gasteiger partial charge in [-0.15, -0.1) is 11.3 Å². The third-order valence-electron chi connectivity index (χ3n) is 8.89. The van der Waals surface area contributed by atoms with Gasteiger partial charge in [-0.2, -0.15) is 11.8 Å². The van der Waals surface area contributed by atoms with Gasteiger partial charge in [0.05, 0.1) is 21.1 Å². The zero-order valence-corrected chi connectivity index (χ0v) is 27.3. The van der Waals surface area contributed by atoms with Gasteiger partial charge in [-0.05, 0) is 42.9 Å². The van der Waals surface area contributed by atoms with Crippen LogP contribution >= 0.6 is 23.1 Å². The molecule has 2 fully saturated rings. The number of carbonyl (C=O) groups excluding carboxylic acids is 3. The fourth-order valence-electron chi connectivity index (χ4n) is 6.20. The van der Waals surface area contributed by atoms with Crippen LogP contribution in [0, 0.1) is 11.8 Å². The molecule has 2 aromatic rings. The van der Waals surface area contributed by atoms with Crippen LogP contribution in [-0.2, 0) is 27.2 Å². The summed E-state index contributed by atoms with van der Waals surface area (Å²) in [7, 11) is 0. The highest BCUT2D eigenvalue weighted by atomic mass is 32.2. The number of nitrogens with zero attached hydrogens (tertiary/aromatic N) is 2. The number of Topliss-reactive ketones (excluding diaryl/α,β-unsaturated/α-hetero) is 2. The molecule has 1 saturated carbocycles. The standard InChI is InChI=1S/C34H49N3O3S2/c1-4-25-11-13-30-32(20-25)42-33(36-30)22-27(21-29(38)5-2)34(40)35-28(19-26-9-7-6-8-10-26)12-14-31(39)24(3)23-37-15-17-41-18-16-37/h11,13,20,26-28H,3-10,12,14-19,21-23H2,1-2H3,(H,35,40)/t27-,28+/m0/s1. The molecule has 1 saturated heterocycles. The maximum atomic E-state index is 13.8. The van der Waals surface area contributed by atoms with E-state index >= 15 is 0 Å². The van der Waals surface area contributed by atoms with E-state index in [0.29, 0.717) is 43.7 Å². The van der Waals surface area contributed by atoms with Crippen LogP contribution in [0.3, 0.4) is 0 Å². The average Bonchev–Trinajstić information content (AvgIpc) is 3.41. The van der Waals surface area contributed by atoms with Crippen molar-refractivity contribution in [1.82, 2.24) is 15.2 Å². The third kappa shape index (κ3) is 10.0. The lowest BCUT2D eigenvalue weighted by Crippen LogP contribution is -2.42. The predicted octanol–water partition coefficient (Wildman–Crippen LogP) is 6.80. The Hall–Kier alpha value is -2.03. The number of ketones is 2. The zero-order valence-electron chi connectivity index (χ0n) is 25.6. The minimum Gasteiger partial charge on any atom is -0.353 e. The Bertz CT molecular complexity index is 1210. The molecule has 1 aromatic carbocycles. The molecule has 0 unspecified atom stereocenters. The quantitative estimate of drug-likeness (QED) is 0.211. The molecule has 2 aliphatic rings. The summed E-state index contributed by atoms with van der Waals surface area (Å²) < 4.78 is 1.13. The van der Waals surface area contributed by atoms with Crippen molar-refractivity contribution in [3.63, 3.8) is 0 Å². The van der Waals surface area contributed by atoms with Gasteiger partial charge in [-0.25, -0.2) is 4.98 Å². The van der Waals surface area contributed by atoms with Gasteiger partial charge in [0.15, 0.2) is 5.78 Å². The predicted molar refractivity (Wildman–Crippen MR) is 176 cm³/mol. The fraction of sp³-hybridized carbons (Fsp3) is 0.647. The van der Waals surface area contributed by atoms with Gasteiger partial charge in [0, 0.05) is 68.4 Å². The molecule has 6 nitrogen and oxygen atoms in total. The SMILES string of the molecule is C=C(CN1CCSCC1)C(=O)CC[C@H](CC1CCCCC1)NC(=O)[C@@H](CC(=O)CC)Cc1nc2ccc(CC)cc2s1. The van der Waals surface area contributed by atoms with Gasteiger partial charge in [-0.3, -0.25) is 19.3 Å². The number of benzene rings is 1. The molecular weight excluding hydrogens is 563 g/mol. The van der Waals surface area contributed by atoms with Crippen LogP contribution in [0.5, 0.6) is 0 Å². The maximum Gasteiger partial charge on any atom is 0.224 e. The smallest absolute Gasteiger partial charge is 0.224 e. The Morgan fingerprint density at radius 3 is 2.60 bits per heavy atom. The second-order valence-electron chi connectivity index (χ2n) is 12.2. The molecule has 1 N–H and O–H groups in total. The van der Waals surface area contributed by atoms with E-state index in [1.54, 1.807) is 11.3 Å². The van der Waals surface area contributed by atoms with E-state index in [-0.39, 0.29) is 29.9 Å². The van der Waals surface area contributed by atoms with Crippen molar-refractivity contribution < 1.29 is 14.4 Å². The minimum atomic E-state index is -0.458. The summed E-state index contributed by atoms with van der Waals surface area (Å²) in [4.78, 5) is 46.6. The highest BCUT2D eigenvalue weighted by Gasteiger charge is 2.28. The van der Waals surface area contributed by atoms with Crippen molar-refractivity contribution in [2.45, 2.75) is 96.9 Å². The first-order valence-corrected chi connectivity index (χ1v) is 18.0. The molecule has 2 atom stereocenters. The molecule has 1 amide bonds. The topological polar surface area (TPSA) is 79.4 Å². The molecule has 0 bridgehead atoms. The Labute approximate surface area is 260 Å². The summed E-state index contributed by atoms with van der Waals surface area (Å²) in [6, 6.07) is 6.26. The number of hydrogen-bond acceptors (Lipinski definition) is 7. The Morgan fingerprint density at radius 1 is 1.12 bits per heavy atom. The molecule has 4 rings (SSSR count). The van der Waals surface area contributed by atoms with E-state index in [1.165, 1.54) is 37.7 Å². The van der Waals surface area contributed by atoms with Gasteiger partial charge < -0.3 is 5.32 Å². The second kappa shape index (κ2) is 16.7. The van der Waals surface area contributed by atoms with E-state index in [2.05, 4.69) is 41.9 Å². The minimum absolute atomic E-state index is 0.0783. The van der Waals surface area contributed by atoms with Crippen LogP contribution in [0.2, 0.25) is 0 Å².